The smallest absolute Gasteiger partial charge is 1.00 e. The minimum Gasteiger partial charge on any atom is -1.00 e. The van der Waals surface area contributed by atoms with E-state index in [1.54, 1.807) is 0 Å². The summed E-state index contributed by atoms with van der Waals surface area (Å²) in [4.78, 5) is 7.50. The van der Waals surface area contributed by atoms with E-state index in [0.29, 0.717) is 0 Å². The second-order valence-electron chi connectivity index (χ2n) is 0. The van der Waals surface area contributed by atoms with Crippen molar-refractivity contribution in [2.75, 3.05) is 0 Å². The van der Waals surface area contributed by atoms with Gasteiger partial charge in [-0.1, -0.05) is 0 Å². The van der Waals surface area contributed by atoms with Crippen LogP contribution in [0.25, 0.3) is 0 Å². The van der Waals surface area contributed by atoms with Crippen LogP contribution in [0.15, 0.2) is 0 Å². The van der Waals surface area contributed by atoms with E-state index in [0.717, 1.165) is 0 Å². The third-order valence-electron chi connectivity index (χ3n) is 0. The Morgan fingerprint density at radius 3 is 0.714 bits per heavy atom. The van der Waals surface area contributed by atoms with Gasteiger partial charge in [-0.15, -0.1) is 0 Å². The quantitative estimate of drug-likeness (QED) is 0.191. The van der Waals surface area contributed by atoms with Crippen LogP contribution in [0.3, 0.4) is 0 Å². The predicted molar refractivity (Wildman–Crippen MR) is 5.69 cm³/mol. The van der Waals surface area contributed by atoms with Crippen LogP contribution in [0, 0.1) is 0 Å². The molecule has 0 aromatic rings. The molecule has 0 spiro atoms. The maximum Gasteiger partial charge on any atom is 4.00 e. The Morgan fingerprint density at radius 2 is 0.714 bits per heavy atom. The molecule has 0 unspecified atom stereocenters. The zero-order chi connectivity index (χ0) is 2.00. The van der Waals surface area contributed by atoms with Crippen molar-refractivity contribution in [2.24, 2.45) is 0 Å². The molecule has 6 heteroatoms. The first kappa shape index (κ1) is 48.8. The molecule has 0 amide bonds. The van der Waals surface area contributed by atoms with Gasteiger partial charge in [-0.2, -0.15) is 0 Å². The maximum absolute atomic E-state index is 7.50. The Bertz CT molecular complexity index is 11.7. The summed E-state index contributed by atoms with van der Waals surface area (Å²) in [5.74, 6) is 0. The molecule has 7 heavy (non-hydrogen) atoms. The summed E-state index contributed by atoms with van der Waals surface area (Å²) < 4.78 is 0. The van der Waals surface area contributed by atoms with Crippen molar-refractivity contribution in [2.45, 2.75) is 0 Å². The molecule has 0 saturated heterocycles. The Kier molecular flexibility index (Phi) is 420. The molecule has 0 aliphatic carbocycles. The molecule has 0 saturated carbocycles. The summed E-state index contributed by atoms with van der Waals surface area (Å²) in [6.07, 6.45) is 0. The van der Waals surface area contributed by atoms with Crippen LogP contribution >= 0.6 is 0 Å². The minimum atomic E-state index is 0. The van der Waals surface area contributed by atoms with Crippen LogP contribution < -0.4 is 95.9 Å². The maximum atomic E-state index is 7.50. The van der Waals surface area contributed by atoms with Crippen LogP contribution in [-0.4, -0.2) is 6.79 Å². The Hall–Kier alpha value is 3.21. The van der Waals surface area contributed by atoms with Gasteiger partial charge in [0.15, 0.2) is 0 Å². The van der Waals surface area contributed by atoms with E-state index in [9.17, 15) is 0 Å². The van der Waals surface area contributed by atoms with E-state index in [4.69, 9.17) is 4.79 Å². The second kappa shape index (κ2) is 60.2. The van der Waals surface area contributed by atoms with Crippen molar-refractivity contribution < 1.29 is 120 Å². The third-order valence-corrected chi connectivity index (χ3v) is 0. The molecular weight excluding hydrogens is 637 g/mol. The number of rotatable bonds is 0. The number of halogens is 4. The number of hydrogen-bond donors (Lipinski definition) is 0. The van der Waals surface area contributed by atoms with Gasteiger partial charge in [0.25, 0.3) is 6.79 Å². The summed E-state index contributed by atoms with van der Waals surface area (Å²) >= 11 is 0. The van der Waals surface area contributed by atoms with E-state index >= 15 is 0 Å². The Balaban J connectivity index is -0.000000000500. The van der Waals surface area contributed by atoms with E-state index < -0.39 is 0 Å². The first-order valence-corrected chi connectivity index (χ1v) is 0.204. The molecule has 0 aliphatic heterocycles. The monoisotopic (exact) mass is 638 g/mol. The zero-order valence-electron chi connectivity index (χ0n) is 2.77. The van der Waals surface area contributed by atoms with Gasteiger partial charge in [-0.3, -0.25) is 4.79 Å². The molecule has 0 fully saturated rings. The largest absolute Gasteiger partial charge is 4.00 e. The Morgan fingerprint density at radius 1 is 0.714 bits per heavy atom. The van der Waals surface area contributed by atoms with Crippen molar-refractivity contribution in [3.63, 3.8) is 0 Å². The van der Waals surface area contributed by atoms with Crippen molar-refractivity contribution >= 4 is 6.79 Å². The van der Waals surface area contributed by atoms with Gasteiger partial charge in [0.2, 0.25) is 0 Å². The number of hydrogen-bond acceptors (Lipinski definition) is 1. The molecular formula is CI4ORu. The van der Waals surface area contributed by atoms with Gasteiger partial charge in [0, 0.05) is 0 Å². The molecule has 0 aliphatic rings. The minimum absolute atomic E-state index is 0. The molecule has 0 heterocycles. The van der Waals surface area contributed by atoms with E-state index in [1.807, 2.05) is 0 Å². The van der Waals surface area contributed by atoms with Crippen LogP contribution in [0.4, 0.5) is 0 Å². The molecule has 0 bridgehead atoms. The number of carbonyl (C=O) groups excluding carboxylic acids is 1. The summed E-state index contributed by atoms with van der Waals surface area (Å²) in [5.41, 5.74) is 0. The van der Waals surface area contributed by atoms with Gasteiger partial charge in [-0.05, 0) is 0 Å². The topological polar surface area (TPSA) is 17.1 Å². The molecule has 0 N–H and O–H groups in total. The predicted octanol–water partition coefficient (Wildman–Crippen LogP) is -12.4. The van der Waals surface area contributed by atoms with Crippen molar-refractivity contribution in [1.82, 2.24) is 0 Å². The fraction of sp³-hybridized carbons (Fsp3) is 0. The SMILES string of the molecule is [C]=O.[I-].[I-].[I-].[I-].[Ru+4]. The van der Waals surface area contributed by atoms with Crippen LogP contribution in [0.1, 0.15) is 0 Å². The molecule has 2 radical (unpaired) electrons. The Labute approximate surface area is 124 Å². The fourth-order valence-electron chi connectivity index (χ4n) is 0. The van der Waals surface area contributed by atoms with Gasteiger partial charge < -0.3 is 95.9 Å². The van der Waals surface area contributed by atoms with Gasteiger partial charge in [0.1, 0.15) is 0 Å². The van der Waals surface area contributed by atoms with Gasteiger partial charge in [-0.25, -0.2) is 0 Å². The van der Waals surface area contributed by atoms with E-state index in [2.05, 4.69) is 6.79 Å². The van der Waals surface area contributed by atoms with Crippen molar-refractivity contribution in [3.8, 4) is 0 Å². The van der Waals surface area contributed by atoms with Crippen LogP contribution in [0.2, 0.25) is 0 Å². The zero-order valence-corrected chi connectivity index (χ0v) is 13.1. The molecule has 1 nitrogen and oxygen atoms in total. The van der Waals surface area contributed by atoms with E-state index in [-0.39, 0.29) is 115 Å². The molecule has 0 rings (SSSR count). The standard InChI is InChI=1S/CO.4HI.Ru/c1-2;;;;;/h;4*1H;/q;;;;;+4/p-4. The first-order valence-electron chi connectivity index (χ1n) is 0.204. The molecule has 46 valence electrons. The summed E-state index contributed by atoms with van der Waals surface area (Å²) in [5, 5.41) is 0. The van der Waals surface area contributed by atoms with E-state index in [1.165, 1.54) is 0 Å². The van der Waals surface area contributed by atoms with Crippen molar-refractivity contribution in [3.05, 3.63) is 0 Å². The van der Waals surface area contributed by atoms with Crippen LogP contribution in [-0.2, 0) is 24.3 Å². The summed E-state index contributed by atoms with van der Waals surface area (Å²) in [6.45, 7) is 4.50. The first-order chi connectivity index (χ1) is 1.00. The average molecular weight is 637 g/mol. The second-order valence-corrected chi connectivity index (χ2v) is 0. The summed E-state index contributed by atoms with van der Waals surface area (Å²) in [6, 6.07) is 0. The van der Waals surface area contributed by atoms with Gasteiger partial charge in [0.05, 0.1) is 0 Å². The molecule has 0 atom stereocenters. The molecule has 0 aromatic heterocycles. The normalized spacial score (nSPS) is 0.571. The third kappa shape index (κ3) is 46.4. The van der Waals surface area contributed by atoms with Gasteiger partial charge >= 0.3 is 19.5 Å². The fourth-order valence-corrected chi connectivity index (χ4v) is 0. The summed E-state index contributed by atoms with van der Waals surface area (Å²) in [7, 11) is 0. The molecule has 0 aromatic carbocycles. The van der Waals surface area contributed by atoms with Crippen molar-refractivity contribution in [1.29, 1.82) is 0 Å². The average Bonchev–Trinajstić information content (AvgIpc) is 1.00. The van der Waals surface area contributed by atoms with Crippen LogP contribution in [0.5, 0.6) is 0 Å².